The van der Waals surface area contributed by atoms with Gasteiger partial charge in [-0.1, -0.05) is 0 Å². The molecule has 0 radical (unpaired) electrons. The highest BCUT2D eigenvalue weighted by Gasteiger charge is 2.22. The minimum absolute atomic E-state index is 0.0915. The molecule has 1 aliphatic rings. The Morgan fingerprint density at radius 3 is 2.32 bits per heavy atom. The molecule has 7 nitrogen and oxygen atoms in total. The van der Waals surface area contributed by atoms with Gasteiger partial charge in [-0.2, -0.15) is 0 Å². The number of hydrogen-bond donors (Lipinski definition) is 1. The molecular formula is C18H23N5O2. The Morgan fingerprint density at radius 1 is 1.08 bits per heavy atom. The Morgan fingerprint density at radius 2 is 1.72 bits per heavy atom. The zero-order valence-corrected chi connectivity index (χ0v) is 14.6. The molecular weight excluding hydrogens is 318 g/mol. The van der Waals surface area contributed by atoms with E-state index < -0.39 is 0 Å². The van der Waals surface area contributed by atoms with Crippen LogP contribution in [0.4, 0.5) is 16.4 Å². The molecule has 1 N–H and O–H groups in total. The second-order valence-electron chi connectivity index (χ2n) is 6.14. The van der Waals surface area contributed by atoms with Crippen LogP contribution in [-0.2, 0) is 0 Å². The summed E-state index contributed by atoms with van der Waals surface area (Å²) in [6.45, 7) is 6.68. The predicted molar refractivity (Wildman–Crippen MR) is 97.0 cm³/mol. The number of piperazine rings is 1. The fourth-order valence-corrected chi connectivity index (χ4v) is 2.66. The maximum absolute atomic E-state index is 12.4. The van der Waals surface area contributed by atoms with Crippen LogP contribution in [0.15, 0.2) is 42.7 Å². The molecule has 1 fully saturated rings. The highest BCUT2D eigenvalue weighted by atomic mass is 16.5. The van der Waals surface area contributed by atoms with Crippen LogP contribution in [0.3, 0.4) is 0 Å². The molecule has 0 bridgehead atoms. The van der Waals surface area contributed by atoms with Gasteiger partial charge >= 0.3 is 6.03 Å². The number of anilines is 2. The van der Waals surface area contributed by atoms with E-state index in [-0.39, 0.29) is 12.1 Å². The first-order chi connectivity index (χ1) is 12.1. The second kappa shape index (κ2) is 7.83. The molecule has 2 amide bonds. The summed E-state index contributed by atoms with van der Waals surface area (Å²) >= 11 is 0. The lowest BCUT2D eigenvalue weighted by atomic mass is 10.3. The third kappa shape index (κ3) is 4.59. The van der Waals surface area contributed by atoms with Crippen LogP contribution in [0, 0.1) is 0 Å². The standard InChI is InChI=1S/C18H23N5O2/c1-14(2)25-16-6-4-15(5-7-16)21-18(24)23-12-10-22(11-13-23)17-19-8-3-9-20-17/h3-9,14H,10-13H2,1-2H3,(H,21,24). The number of ether oxygens (including phenoxy) is 1. The van der Waals surface area contributed by atoms with Crippen LogP contribution in [0.25, 0.3) is 0 Å². The van der Waals surface area contributed by atoms with Gasteiger partial charge in [0.1, 0.15) is 5.75 Å². The van der Waals surface area contributed by atoms with Crippen molar-refractivity contribution < 1.29 is 9.53 Å². The van der Waals surface area contributed by atoms with Crippen molar-refractivity contribution in [2.75, 3.05) is 36.4 Å². The van der Waals surface area contributed by atoms with Crippen molar-refractivity contribution in [1.29, 1.82) is 0 Å². The number of rotatable bonds is 4. The minimum Gasteiger partial charge on any atom is -0.491 e. The average Bonchev–Trinajstić information content (AvgIpc) is 2.64. The van der Waals surface area contributed by atoms with Crippen molar-refractivity contribution in [3.05, 3.63) is 42.7 Å². The van der Waals surface area contributed by atoms with Gasteiger partial charge in [0.25, 0.3) is 0 Å². The zero-order chi connectivity index (χ0) is 17.6. The van der Waals surface area contributed by atoms with Crippen molar-refractivity contribution in [2.45, 2.75) is 20.0 Å². The summed E-state index contributed by atoms with van der Waals surface area (Å²) in [6, 6.07) is 9.13. The Bertz CT molecular complexity index is 682. The number of aromatic nitrogens is 2. The molecule has 1 saturated heterocycles. The minimum atomic E-state index is -0.0915. The summed E-state index contributed by atoms with van der Waals surface area (Å²) in [5.74, 6) is 1.51. The molecule has 132 valence electrons. The number of carbonyl (C=O) groups is 1. The van der Waals surface area contributed by atoms with E-state index in [2.05, 4.69) is 20.2 Å². The Kier molecular flexibility index (Phi) is 5.33. The quantitative estimate of drug-likeness (QED) is 0.926. The molecule has 0 spiro atoms. The van der Waals surface area contributed by atoms with Gasteiger partial charge in [0.2, 0.25) is 5.95 Å². The van der Waals surface area contributed by atoms with Crippen LogP contribution in [-0.4, -0.2) is 53.2 Å². The normalized spacial score (nSPS) is 14.5. The highest BCUT2D eigenvalue weighted by molar-refractivity contribution is 5.89. The number of carbonyl (C=O) groups excluding carboxylic acids is 1. The molecule has 25 heavy (non-hydrogen) atoms. The van der Waals surface area contributed by atoms with E-state index >= 15 is 0 Å². The van der Waals surface area contributed by atoms with Crippen LogP contribution < -0.4 is 15.0 Å². The Labute approximate surface area is 147 Å². The van der Waals surface area contributed by atoms with Crippen LogP contribution >= 0.6 is 0 Å². The van der Waals surface area contributed by atoms with Gasteiger partial charge in [-0.3, -0.25) is 0 Å². The summed E-state index contributed by atoms with van der Waals surface area (Å²) < 4.78 is 5.60. The van der Waals surface area contributed by atoms with Gasteiger partial charge < -0.3 is 19.9 Å². The predicted octanol–water partition coefficient (Wildman–Crippen LogP) is 2.62. The van der Waals surface area contributed by atoms with Crippen LogP contribution in [0.5, 0.6) is 5.75 Å². The lowest BCUT2D eigenvalue weighted by molar-refractivity contribution is 0.208. The first kappa shape index (κ1) is 17.0. The lowest BCUT2D eigenvalue weighted by Crippen LogP contribution is -2.50. The van der Waals surface area contributed by atoms with Crippen molar-refractivity contribution in [3.8, 4) is 5.75 Å². The molecule has 1 aromatic heterocycles. The molecule has 1 aromatic carbocycles. The third-order valence-electron chi connectivity index (χ3n) is 3.88. The zero-order valence-electron chi connectivity index (χ0n) is 14.6. The molecule has 2 aromatic rings. The van der Waals surface area contributed by atoms with E-state index in [1.54, 1.807) is 23.4 Å². The molecule has 0 saturated carbocycles. The van der Waals surface area contributed by atoms with Crippen LogP contribution in [0.1, 0.15) is 13.8 Å². The molecule has 7 heteroatoms. The number of amides is 2. The highest BCUT2D eigenvalue weighted by Crippen LogP contribution is 2.18. The maximum atomic E-state index is 12.4. The van der Waals surface area contributed by atoms with E-state index in [1.165, 1.54) is 0 Å². The summed E-state index contributed by atoms with van der Waals surface area (Å²) in [5, 5.41) is 2.93. The fraction of sp³-hybridized carbons (Fsp3) is 0.389. The second-order valence-corrected chi connectivity index (χ2v) is 6.14. The molecule has 0 aliphatic carbocycles. The topological polar surface area (TPSA) is 70.6 Å². The van der Waals surface area contributed by atoms with E-state index in [4.69, 9.17) is 4.74 Å². The van der Waals surface area contributed by atoms with Gasteiger partial charge in [0, 0.05) is 44.3 Å². The van der Waals surface area contributed by atoms with Gasteiger partial charge in [-0.05, 0) is 44.2 Å². The summed E-state index contributed by atoms with van der Waals surface area (Å²) in [7, 11) is 0. The number of urea groups is 1. The van der Waals surface area contributed by atoms with E-state index in [1.807, 2.05) is 38.1 Å². The van der Waals surface area contributed by atoms with Crippen molar-refractivity contribution in [3.63, 3.8) is 0 Å². The van der Waals surface area contributed by atoms with Gasteiger partial charge in [-0.25, -0.2) is 14.8 Å². The monoisotopic (exact) mass is 341 g/mol. The van der Waals surface area contributed by atoms with Gasteiger partial charge in [0.15, 0.2) is 0 Å². The molecule has 0 unspecified atom stereocenters. The Hall–Kier alpha value is -2.83. The van der Waals surface area contributed by atoms with E-state index in [0.717, 1.165) is 24.5 Å². The summed E-state index contributed by atoms with van der Waals surface area (Å²) in [4.78, 5) is 24.8. The number of hydrogen-bond acceptors (Lipinski definition) is 5. The van der Waals surface area contributed by atoms with E-state index in [9.17, 15) is 4.79 Å². The van der Waals surface area contributed by atoms with Crippen molar-refractivity contribution in [1.82, 2.24) is 14.9 Å². The average molecular weight is 341 g/mol. The molecule has 1 aliphatic heterocycles. The maximum Gasteiger partial charge on any atom is 0.321 e. The molecule has 2 heterocycles. The van der Waals surface area contributed by atoms with Gasteiger partial charge in [0.05, 0.1) is 6.10 Å². The van der Waals surface area contributed by atoms with Crippen molar-refractivity contribution >= 4 is 17.7 Å². The number of nitrogens with zero attached hydrogens (tertiary/aromatic N) is 4. The van der Waals surface area contributed by atoms with Crippen LogP contribution in [0.2, 0.25) is 0 Å². The largest absolute Gasteiger partial charge is 0.491 e. The molecule has 3 rings (SSSR count). The smallest absolute Gasteiger partial charge is 0.321 e. The lowest BCUT2D eigenvalue weighted by Gasteiger charge is -2.34. The number of nitrogens with one attached hydrogen (secondary N) is 1. The summed E-state index contributed by atoms with van der Waals surface area (Å²) in [6.07, 6.45) is 3.59. The Balaban J connectivity index is 1.51. The third-order valence-corrected chi connectivity index (χ3v) is 3.88. The molecule has 0 atom stereocenters. The van der Waals surface area contributed by atoms with Gasteiger partial charge in [-0.15, -0.1) is 0 Å². The number of benzene rings is 1. The first-order valence-corrected chi connectivity index (χ1v) is 8.46. The first-order valence-electron chi connectivity index (χ1n) is 8.46. The van der Waals surface area contributed by atoms with Crippen molar-refractivity contribution in [2.24, 2.45) is 0 Å². The SMILES string of the molecule is CC(C)Oc1ccc(NC(=O)N2CCN(c3ncccn3)CC2)cc1. The van der Waals surface area contributed by atoms with E-state index in [0.29, 0.717) is 19.0 Å². The summed E-state index contributed by atoms with van der Waals surface area (Å²) in [5.41, 5.74) is 0.759. The fourth-order valence-electron chi connectivity index (χ4n) is 2.66.